The Balaban J connectivity index is 3.76. The maximum absolute atomic E-state index is 7.55. The van der Waals surface area contributed by atoms with Gasteiger partial charge < -0.3 is 5.41 Å². The Kier molecular flexibility index (Phi) is 6.35. The molecule has 0 aliphatic heterocycles. The monoisotopic (exact) mass is 165 g/mol. The lowest BCUT2D eigenvalue weighted by atomic mass is 10.1. The predicted molar refractivity (Wildman–Crippen MR) is 55.8 cm³/mol. The summed E-state index contributed by atoms with van der Waals surface area (Å²) in [4.78, 5) is 0. The largest absolute Gasteiger partial charge is 0.305 e. The summed E-state index contributed by atoms with van der Waals surface area (Å²) in [6, 6.07) is 0. The van der Waals surface area contributed by atoms with Crippen molar-refractivity contribution in [2.24, 2.45) is 0 Å². The van der Waals surface area contributed by atoms with Gasteiger partial charge in [0.2, 0.25) is 0 Å². The Labute approximate surface area is 75.7 Å². The summed E-state index contributed by atoms with van der Waals surface area (Å²) in [5.74, 6) is 0. The first-order valence-electron chi connectivity index (χ1n) is 4.59. The van der Waals surface area contributed by atoms with Crippen molar-refractivity contribution in [2.75, 3.05) is 0 Å². The molecule has 12 heavy (non-hydrogen) atoms. The summed E-state index contributed by atoms with van der Waals surface area (Å²) in [6.45, 7) is 6.20. The van der Waals surface area contributed by atoms with Crippen LogP contribution in [0.4, 0.5) is 0 Å². The number of rotatable bonds is 5. The number of unbranched alkanes of at least 4 members (excludes halogenated alkanes) is 1. The molecule has 1 N–H and O–H groups in total. The zero-order chi connectivity index (χ0) is 9.40. The van der Waals surface area contributed by atoms with Crippen LogP contribution < -0.4 is 0 Å². The van der Waals surface area contributed by atoms with Gasteiger partial charge in [-0.15, -0.1) is 0 Å². The van der Waals surface area contributed by atoms with Crippen LogP contribution in [-0.4, -0.2) is 5.71 Å². The van der Waals surface area contributed by atoms with Crippen molar-refractivity contribution in [3.8, 4) is 0 Å². The molecule has 0 saturated heterocycles. The fourth-order valence-corrected chi connectivity index (χ4v) is 0.779. The molecule has 0 saturated carbocycles. The van der Waals surface area contributed by atoms with Crippen molar-refractivity contribution in [1.82, 2.24) is 0 Å². The molecule has 0 heterocycles. The molecule has 0 atom stereocenters. The van der Waals surface area contributed by atoms with Gasteiger partial charge in [0.25, 0.3) is 0 Å². The van der Waals surface area contributed by atoms with E-state index in [1.54, 1.807) is 0 Å². The molecule has 0 bridgehead atoms. The molecule has 0 aliphatic carbocycles. The Morgan fingerprint density at radius 1 is 1.33 bits per heavy atom. The van der Waals surface area contributed by atoms with Crippen molar-refractivity contribution >= 4 is 5.71 Å². The van der Waals surface area contributed by atoms with Crippen LogP contribution in [0, 0.1) is 5.41 Å². The van der Waals surface area contributed by atoms with E-state index in [1.807, 2.05) is 32.1 Å². The molecule has 1 heteroatoms. The van der Waals surface area contributed by atoms with Crippen LogP contribution in [0.2, 0.25) is 0 Å². The molecule has 0 rings (SSSR count). The van der Waals surface area contributed by atoms with Crippen molar-refractivity contribution < 1.29 is 0 Å². The van der Waals surface area contributed by atoms with Gasteiger partial charge in [-0.05, 0) is 32.8 Å². The molecule has 1 nitrogen and oxygen atoms in total. The van der Waals surface area contributed by atoms with Crippen molar-refractivity contribution in [3.63, 3.8) is 0 Å². The molecule has 0 amide bonds. The summed E-state index contributed by atoms with van der Waals surface area (Å²) in [6.07, 6.45) is 9.13. The van der Waals surface area contributed by atoms with E-state index < -0.39 is 0 Å². The van der Waals surface area contributed by atoms with Gasteiger partial charge in [0, 0.05) is 5.71 Å². The van der Waals surface area contributed by atoms with E-state index in [9.17, 15) is 0 Å². The second-order valence-electron chi connectivity index (χ2n) is 2.99. The van der Waals surface area contributed by atoms with E-state index in [-0.39, 0.29) is 0 Å². The van der Waals surface area contributed by atoms with Gasteiger partial charge in [0.15, 0.2) is 0 Å². The molecule has 0 aromatic heterocycles. The lowest BCUT2D eigenvalue weighted by Gasteiger charge is -1.95. The highest BCUT2D eigenvalue weighted by atomic mass is 14.4. The summed E-state index contributed by atoms with van der Waals surface area (Å²) >= 11 is 0. The van der Waals surface area contributed by atoms with Gasteiger partial charge in [-0.25, -0.2) is 0 Å². The quantitative estimate of drug-likeness (QED) is 0.474. The topological polar surface area (TPSA) is 23.9 Å². The highest BCUT2D eigenvalue weighted by molar-refractivity contribution is 5.92. The molecular formula is C11H19N. The van der Waals surface area contributed by atoms with Gasteiger partial charge in [0.1, 0.15) is 0 Å². The standard InChI is InChI=1S/C11H19N/c1-4-6-7-11(12)9-8-10(3)5-2/h5,8-9,12H,4,6-7H2,1-3H3/b9-8-,10-5-,12-11?. The molecule has 68 valence electrons. The third-order valence-electron chi connectivity index (χ3n) is 1.80. The molecule has 0 aliphatic rings. The highest BCUT2D eigenvalue weighted by Gasteiger charge is 1.89. The first kappa shape index (κ1) is 11.2. The van der Waals surface area contributed by atoms with Crippen molar-refractivity contribution in [2.45, 2.75) is 40.0 Å². The molecule has 0 fully saturated rings. The smallest absolute Gasteiger partial charge is 0.0314 e. The maximum Gasteiger partial charge on any atom is 0.0314 e. The van der Waals surface area contributed by atoms with Crippen LogP contribution in [0.3, 0.4) is 0 Å². The van der Waals surface area contributed by atoms with Gasteiger partial charge in [-0.3, -0.25) is 0 Å². The lowest BCUT2D eigenvalue weighted by molar-refractivity contribution is 0.834. The Hall–Kier alpha value is -0.850. The minimum Gasteiger partial charge on any atom is -0.305 e. The first-order valence-corrected chi connectivity index (χ1v) is 4.59. The van der Waals surface area contributed by atoms with E-state index in [2.05, 4.69) is 6.92 Å². The zero-order valence-corrected chi connectivity index (χ0v) is 8.35. The van der Waals surface area contributed by atoms with Crippen LogP contribution in [0.15, 0.2) is 23.8 Å². The maximum atomic E-state index is 7.55. The molecule has 0 aromatic rings. The molecule has 0 unspecified atom stereocenters. The van der Waals surface area contributed by atoms with E-state index in [0.717, 1.165) is 18.6 Å². The van der Waals surface area contributed by atoms with Gasteiger partial charge >= 0.3 is 0 Å². The van der Waals surface area contributed by atoms with Crippen LogP contribution in [0.5, 0.6) is 0 Å². The normalized spacial score (nSPS) is 12.4. The predicted octanol–water partition coefficient (Wildman–Crippen LogP) is 3.72. The SMILES string of the molecule is C/C=C(C)\C=C/C(=N)CCCC. The molecule has 0 spiro atoms. The van der Waals surface area contributed by atoms with E-state index in [1.165, 1.54) is 12.0 Å². The lowest BCUT2D eigenvalue weighted by Crippen LogP contribution is -1.89. The summed E-state index contributed by atoms with van der Waals surface area (Å²) < 4.78 is 0. The van der Waals surface area contributed by atoms with Gasteiger partial charge in [-0.2, -0.15) is 0 Å². The average molecular weight is 165 g/mol. The minimum absolute atomic E-state index is 0.734. The Morgan fingerprint density at radius 2 is 2.00 bits per heavy atom. The van der Waals surface area contributed by atoms with Crippen LogP contribution in [0.1, 0.15) is 40.0 Å². The zero-order valence-electron chi connectivity index (χ0n) is 8.35. The molecular weight excluding hydrogens is 146 g/mol. The number of nitrogens with one attached hydrogen (secondary N) is 1. The average Bonchev–Trinajstić information content (AvgIpc) is 2.10. The van der Waals surface area contributed by atoms with E-state index in [4.69, 9.17) is 5.41 Å². The van der Waals surface area contributed by atoms with Gasteiger partial charge in [0.05, 0.1) is 0 Å². The van der Waals surface area contributed by atoms with Crippen molar-refractivity contribution in [3.05, 3.63) is 23.8 Å². The number of hydrogen-bond donors (Lipinski definition) is 1. The van der Waals surface area contributed by atoms with Crippen LogP contribution in [0.25, 0.3) is 0 Å². The highest BCUT2D eigenvalue weighted by Crippen LogP contribution is 1.99. The van der Waals surface area contributed by atoms with Gasteiger partial charge in [-0.1, -0.05) is 31.1 Å². The van der Waals surface area contributed by atoms with E-state index >= 15 is 0 Å². The number of allylic oxidation sites excluding steroid dienone is 4. The van der Waals surface area contributed by atoms with Crippen molar-refractivity contribution in [1.29, 1.82) is 5.41 Å². The van der Waals surface area contributed by atoms with Crippen LogP contribution >= 0.6 is 0 Å². The second kappa shape index (κ2) is 6.84. The summed E-state index contributed by atoms with van der Waals surface area (Å²) in [5.41, 5.74) is 1.95. The molecule has 0 aromatic carbocycles. The minimum atomic E-state index is 0.734. The Morgan fingerprint density at radius 3 is 2.50 bits per heavy atom. The third-order valence-corrected chi connectivity index (χ3v) is 1.80. The summed E-state index contributed by atoms with van der Waals surface area (Å²) in [7, 11) is 0. The number of hydrogen-bond acceptors (Lipinski definition) is 1. The third kappa shape index (κ3) is 5.90. The van der Waals surface area contributed by atoms with Crippen LogP contribution in [-0.2, 0) is 0 Å². The first-order chi connectivity index (χ1) is 5.70. The van der Waals surface area contributed by atoms with E-state index in [0.29, 0.717) is 0 Å². The molecule has 0 radical (unpaired) electrons. The Bertz CT molecular complexity index is 187. The fourth-order valence-electron chi connectivity index (χ4n) is 0.779. The fraction of sp³-hybridized carbons (Fsp3) is 0.545. The summed E-state index contributed by atoms with van der Waals surface area (Å²) in [5, 5.41) is 7.55. The second-order valence-corrected chi connectivity index (χ2v) is 2.99.